The molecule has 0 fully saturated rings. The van der Waals surface area contributed by atoms with E-state index in [-0.39, 0.29) is 18.0 Å². The Labute approximate surface area is 177 Å². The second kappa shape index (κ2) is 8.00. The lowest BCUT2D eigenvalue weighted by Crippen LogP contribution is -2.35. The maximum absolute atomic E-state index is 13.1. The minimum Gasteiger partial charge on any atom is -0.504 e. The molecule has 0 unspecified atom stereocenters. The highest BCUT2D eigenvalue weighted by Crippen LogP contribution is 2.47. The van der Waals surface area contributed by atoms with Crippen molar-refractivity contribution in [3.05, 3.63) is 66.2 Å². The maximum atomic E-state index is 13.1. The molecule has 3 aromatic rings. The third-order valence-corrected chi connectivity index (χ3v) is 5.81. The van der Waals surface area contributed by atoms with Crippen LogP contribution in [0.4, 0.5) is 11.4 Å². The first kappa shape index (κ1) is 19.7. The van der Waals surface area contributed by atoms with Crippen molar-refractivity contribution >= 4 is 34.8 Å². The van der Waals surface area contributed by atoms with Gasteiger partial charge in [-0.1, -0.05) is 36.0 Å². The number of carbonyl (C=O) groups is 1. The molecule has 4 rings (SSSR count). The number of aromatic hydroxyl groups is 3. The normalized spacial score (nSPS) is 12.8. The largest absolute Gasteiger partial charge is 0.504 e. The molecule has 152 valence electrons. The number of nitrogens with one attached hydrogen (secondary N) is 1. The van der Waals surface area contributed by atoms with E-state index in [0.29, 0.717) is 5.71 Å². The molecule has 0 atom stereocenters. The van der Waals surface area contributed by atoms with Gasteiger partial charge in [-0.05, 0) is 43.3 Å². The predicted molar refractivity (Wildman–Crippen MR) is 116 cm³/mol. The number of anilines is 2. The molecule has 0 saturated heterocycles. The number of para-hydroxylation sites is 2. The Balaban J connectivity index is 1.55. The van der Waals surface area contributed by atoms with E-state index in [2.05, 4.69) is 10.5 Å². The molecule has 1 aliphatic heterocycles. The van der Waals surface area contributed by atoms with E-state index in [1.54, 1.807) is 23.6 Å². The number of carbonyl (C=O) groups excluding carboxylic acids is 1. The van der Waals surface area contributed by atoms with Gasteiger partial charge in [-0.3, -0.25) is 9.69 Å². The van der Waals surface area contributed by atoms with E-state index in [4.69, 9.17) is 0 Å². The zero-order valence-electron chi connectivity index (χ0n) is 16.0. The monoisotopic (exact) mass is 421 g/mol. The van der Waals surface area contributed by atoms with Gasteiger partial charge in [0.2, 0.25) is 5.75 Å². The summed E-state index contributed by atoms with van der Waals surface area (Å²) in [5.41, 5.74) is 4.97. The number of hydrazone groups is 1. The summed E-state index contributed by atoms with van der Waals surface area (Å²) in [4.78, 5) is 16.7. The van der Waals surface area contributed by atoms with Gasteiger partial charge < -0.3 is 20.7 Å². The maximum Gasteiger partial charge on any atom is 0.252 e. The summed E-state index contributed by atoms with van der Waals surface area (Å²) in [5.74, 6) is -1.70. The summed E-state index contributed by atoms with van der Waals surface area (Å²) in [6.45, 7) is 1.54. The first-order chi connectivity index (χ1) is 14.5. The number of hydrogen-bond donors (Lipinski definition) is 4. The molecule has 0 spiro atoms. The summed E-state index contributed by atoms with van der Waals surface area (Å²) in [5, 5.41) is 33.2. The minimum atomic E-state index is -0.614. The van der Waals surface area contributed by atoms with Gasteiger partial charge in [0, 0.05) is 15.4 Å². The third-order valence-electron chi connectivity index (χ3n) is 4.68. The summed E-state index contributed by atoms with van der Waals surface area (Å²) < 4.78 is 0. The van der Waals surface area contributed by atoms with Gasteiger partial charge in [0.05, 0.1) is 17.1 Å². The van der Waals surface area contributed by atoms with Crippen molar-refractivity contribution in [2.75, 3.05) is 11.4 Å². The molecular formula is C22H19N3O4S. The lowest BCUT2D eigenvalue weighted by atomic mass is 10.1. The van der Waals surface area contributed by atoms with Crippen LogP contribution in [0.15, 0.2) is 75.6 Å². The van der Waals surface area contributed by atoms with Crippen LogP contribution in [0, 0.1) is 0 Å². The fourth-order valence-corrected chi connectivity index (χ4v) is 4.26. The van der Waals surface area contributed by atoms with Crippen LogP contribution in [0.3, 0.4) is 0 Å². The van der Waals surface area contributed by atoms with Gasteiger partial charge >= 0.3 is 0 Å². The molecule has 0 saturated carbocycles. The van der Waals surface area contributed by atoms with E-state index in [1.165, 1.54) is 12.1 Å². The van der Waals surface area contributed by atoms with E-state index >= 15 is 0 Å². The summed E-state index contributed by atoms with van der Waals surface area (Å²) in [6.07, 6.45) is 0. The second-order valence-corrected chi connectivity index (χ2v) is 7.71. The van der Waals surface area contributed by atoms with Crippen molar-refractivity contribution in [1.82, 2.24) is 5.43 Å². The lowest BCUT2D eigenvalue weighted by molar-refractivity contribution is -0.117. The molecule has 0 radical (unpaired) electrons. The Bertz CT molecular complexity index is 1120. The molecule has 3 aromatic carbocycles. The first-order valence-electron chi connectivity index (χ1n) is 9.17. The Morgan fingerprint density at radius 1 is 0.933 bits per heavy atom. The molecule has 8 heteroatoms. The Kier molecular flexibility index (Phi) is 5.24. The average molecular weight is 421 g/mol. The SMILES string of the molecule is C/C(=N/NCC(=O)N1c2ccccc2Sc2ccccc21)c1ccc(O)c(O)c1O. The number of phenolic OH excluding ortho intramolecular Hbond substituents is 3. The summed E-state index contributed by atoms with van der Waals surface area (Å²) >= 11 is 1.62. The Hall–Kier alpha value is -3.65. The topological polar surface area (TPSA) is 105 Å². The number of phenols is 3. The molecule has 7 nitrogen and oxygen atoms in total. The highest BCUT2D eigenvalue weighted by atomic mass is 32.2. The van der Waals surface area contributed by atoms with Gasteiger partial charge in [0.25, 0.3) is 5.91 Å². The third kappa shape index (κ3) is 3.53. The predicted octanol–water partition coefficient (Wildman–Crippen LogP) is 3.95. The number of rotatable bonds is 4. The lowest BCUT2D eigenvalue weighted by Gasteiger charge is -2.30. The molecule has 1 heterocycles. The van der Waals surface area contributed by atoms with Gasteiger partial charge in [-0.2, -0.15) is 5.10 Å². The summed E-state index contributed by atoms with van der Waals surface area (Å²) in [7, 11) is 0. The van der Waals surface area contributed by atoms with Gasteiger partial charge in [0.15, 0.2) is 11.5 Å². The van der Waals surface area contributed by atoms with Crippen LogP contribution in [0.25, 0.3) is 0 Å². The van der Waals surface area contributed by atoms with Crippen molar-refractivity contribution in [3.8, 4) is 17.2 Å². The van der Waals surface area contributed by atoms with E-state index in [1.807, 2.05) is 48.5 Å². The van der Waals surface area contributed by atoms with Crippen molar-refractivity contribution in [3.63, 3.8) is 0 Å². The fraction of sp³-hybridized carbons (Fsp3) is 0.0909. The standard InChI is InChI=1S/C22H19N3O4S/c1-13(14-10-11-17(26)22(29)21(14)28)24-23-12-20(27)25-15-6-2-4-8-18(15)30-19-9-5-3-7-16(19)25/h2-11,23,26,28-29H,12H2,1H3/b24-13-. The quantitative estimate of drug-likeness (QED) is 0.289. The van der Waals surface area contributed by atoms with Crippen molar-refractivity contribution in [2.45, 2.75) is 16.7 Å². The van der Waals surface area contributed by atoms with Crippen LogP contribution in [0.5, 0.6) is 17.2 Å². The van der Waals surface area contributed by atoms with Crippen LogP contribution in [-0.4, -0.2) is 33.5 Å². The zero-order valence-corrected chi connectivity index (χ0v) is 16.8. The summed E-state index contributed by atoms with van der Waals surface area (Å²) in [6, 6.07) is 18.1. The highest BCUT2D eigenvalue weighted by Gasteiger charge is 2.27. The van der Waals surface area contributed by atoms with Gasteiger partial charge in [-0.25, -0.2) is 0 Å². The Morgan fingerprint density at radius 3 is 2.17 bits per heavy atom. The van der Waals surface area contributed by atoms with Crippen molar-refractivity contribution in [1.29, 1.82) is 0 Å². The van der Waals surface area contributed by atoms with E-state index < -0.39 is 17.2 Å². The molecule has 0 aromatic heterocycles. The average Bonchev–Trinajstić information content (AvgIpc) is 2.75. The molecule has 30 heavy (non-hydrogen) atoms. The number of amides is 1. The number of hydrogen-bond acceptors (Lipinski definition) is 7. The molecule has 1 aliphatic rings. The fourth-order valence-electron chi connectivity index (χ4n) is 3.20. The smallest absolute Gasteiger partial charge is 0.252 e. The number of fused-ring (bicyclic) bond motifs is 2. The van der Waals surface area contributed by atoms with Gasteiger partial charge in [-0.15, -0.1) is 0 Å². The second-order valence-electron chi connectivity index (χ2n) is 6.63. The molecule has 0 bridgehead atoms. The molecular weight excluding hydrogens is 402 g/mol. The molecule has 1 amide bonds. The van der Waals surface area contributed by atoms with E-state index in [0.717, 1.165) is 21.2 Å². The van der Waals surface area contributed by atoms with Crippen LogP contribution >= 0.6 is 11.8 Å². The minimum absolute atomic E-state index is 0.0739. The first-order valence-corrected chi connectivity index (χ1v) is 9.99. The van der Waals surface area contributed by atoms with Crippen LogP contribution in [0.2, 0.25) is 0 Å². The zero-order chi connectivity index (χ0) is 21.3. The number of nitrogens with zero attached hydrogens (tertiary/aromatic N) is 2. The van der Waals surface area contributed by atoms with Crippen molar-refractivity contribution in [2.24, 2.45) is 5.10 Å². The Morgan fingerprint density at radius 2 is 1.53 bits per heavy atom. The van der Waals surface area contributed by atoms with Crippen LogP contribution < -0.4 is 10.3 Å². The molecule has 4 N–H and O–H groups in total. The van der Waals surface area contributed by atoms with Crippen LogP contribution in [0.1, 0.15) is 12.5 Å². The van der Waals surface area contributed by atoms with Crippen LogP contribution in [-0.2, 0) is 4.79 Å². The molecule has 0 aliphatic carbocycles. The van der Waals surface area contributed by atoms with Gasteiger partial charge in [0.1, 0.15) is 6.54 Å². The van der Waals surface area contributed by atoms with E-state index in [9.17, 15) is 20.1 Å². The van der Waals surface area contributed by atoms with Crippen molar-refractivity contribution < 1.29 is 20.1 Å². The number of benzene rings is 3. The highest BCUT2D eigenvalue weighted by molar-refractivity contribution is 7.99.